The highest BCUT2D eigenvalue weighted by Crippen LogP contribution is 2.54. The smallest absolute Gasteiger partial charge is 0.248 e. The van der Waals surface area contributed by atoms with Gasteiger partial charge in [-0.15, -0.1) is 0 Å². The number of amides is 1. The van der Waals surface area contributed by atoms with Gasteiger partial charge in [-0.2, -0.15) is 0 Å². The first-order chi connectivity index (χ1) is 14.5. The van der Waals surface area contributed by atoms with Gasteiger partial charge in [-0.25, -0.2) is 0 Å². The summed E-state index contributed by atoms with van der Waals surface area (Å²) in [5.74, 6) is -0.356. The molecule has 2 N–H and O–H groups in total. The number of hydrogen-bond acceptors (Lipinski definition) is 3. The van der Waals surface area contributed by atoms with E-state index in [9.17, 15) is 4.79 Å². The molecule has 30 heavy (non-hydrogen) atoms. The second-order valence-electron chi connectivity index (χ2n) is 9.71. The summed E-state index contributed by atoms with van der Waals surface area (Å²) in [4.78, 5) is 16.6. The van der Waals surface area contributed by atoms with Crippen LogP contribution in [-0.4, -0.2) is 36.5 Å². The molecule has 2 aliphatic heterocycles. The second-order valence-corrected chi connectivity index (χ2v) is 9.71. The monoisotopic (exact) mass is 403 g/mol. The highest BCUT2D eigenvalue weighted by Gasteiger charge is 2.49. The summed E-state index contributed by atoms with van der Waals surface area (Å²) in [6.45, 7) is 5.76. The molecular formula is C26H33N3O. The molecule has 3 fully saturated rings. The van der Waals surface area contributed by atoms with Crippen molar-refractivity contribution in [3.63, 3.8) is 0 Å². The zero-order valence-electron chi connectivity index (χ0n) is 18.0. The van der Waals surface area contributed by atoms with E-state index in [2.05, 4.69) is 41.0 Å². The minimum Gasteiger partial charge on any atom is -0.371 e. The maximum Gasteiger partial charge on any atom is 0.248 e. The first-order valence-electron chi connectivity index (χ1n) is 11.5. The van der Waals surface area contributed by atoms with Crippen molar-refractivity contribution in [3.05, 3.63) is 65.2 Å². The number of hydrogen-bond donors (Lipinski definition) is 1. The summed E-state index contributed by atoms with van der Waals surface area (Å²) < 4.78 is 0. The molecule has 2 saturated heterocycles. The van der Waals surface area contributed by atoms with Crippen LogP contribution in [0.3, 0.4) is 0 Å². The lowest BCUT2D eigenvalue weighted by atomic mass is 9.59. The molecule has 4 heteroatoms. The first kappa shape index (κ1) is 19.6. The lowest BCUT2D eigenvalue weighted by Gasteiger charge is -2.56. The third-order valence-electron chi connectivity index (χ3n) is 7.99. The topological polar surface area (TPSA) is 49.6 Å². The van der Waals surface area contributed by atoms with E-state index in [0.717, 1.165) is 19.1 Å². The van der Waals surface area contributed by atoms with Crippen LogP contribution in [0, 0.1) is 12.3 Å². The Morgan fingerprint density at radius 1 is 1.00 bits per heavy atom. The number of rotatable bonds is 4. The largest absolute Gasteiger partial charge is 0.371 e. The normalized spacial score (nSPS) is 24.2. The number of carbonyl (C=O) groups excluding carboxylic acids is 1. The second kappa shape index (κ2) is 7.73. The quantitative estimate of drug-likeness (QED) is 0.806. The third-order valence-corrected chi connectivity index (χ3v) is 7.99. The molecule has 3 aliphatic rings. The van der Waals surface area contributed by atoms with E-state index in [4.69, 9.17) is 5.73 Å². The van der Waals surface area contributed by atoms with Gasteiger partial charge < -0.3 is 10.6 Å². The number of likely N-dealkylation sites (tertiary alicyclic amines) is 1. The molecule has 1 spiro atoms. The number of benzene rings is 2. The van der Waals surface area contributed by atoms with Crippen LogP contribution in [0.25, 0.3) is 0 Å². The van der Waals surface area contributed by atoms with Crippen molar-refractivity contribution in [1.82, 2.24) is 4.90 Å². The van der Waals surface area contributed by atoms with E-state index >= 15 is 0 Å². The van der Waals surface area contributed by atoms with Crippen LogP contribution in [0.4, 0.5) is 5.69 Å². The van der Waals surface area contributed by atoms with Crippen LogP contribution in [0.2, 0.25) is 0 Å². The van der Waals surface area contributed by atoms with Crippen LogP contribution in [0.1, 0.15) is 66.1 Å². The van der Waals surface area contributed by atoms with Crippen LogP contribution in [0.5, 0.6) is 0 Å². The van der Waals surface area contributed by atoms with Gasteiger partial charge in [-0.1, -0.05) is 24.3 Å². The van der Waals surface area contributed by atoms with Gasteiger partial charge in [0.1, 0.15) is 0 Å². The predicted octanol–water partition coefficient (Wildman–Crippen LogP) is 4.68. The van der Waals surface area contributed by atoms with E-state index < -0.39 is 0 Å². The molecule has 0 unspecified atom stereocenters. The van der Waals surface area contributed by atoms with Crippen molar-refractivity contribution in [3.8, 4) is 0 Å². The molecule has 2 aromatic rings. The highest BCUT2D eigenvalue weighted by molar-refractivity contribution is 5.93. The van der Waals surface area contributed by atoms with Gasteiger partial charge in [0.15, 0.2) is 0 Å². The summed E-state index contributed by atoms with van der Waals surface area (Å²) in [5, 5.41) is 0. The number of primary amides is 1. The Balaban J connectivity index is 1.19. The summed E-state index contributed by atoms with van der Waals surface area (Å²) in [5.41, 5.74) is 10.7. The van der Waals surface area contributed by atoms with Gasteiger partial charge in [-0.05, 0) is 92.8 Å². The first-order valence-corrected chi connectivity index (χ1v) is 11.5. The van der Waals surface area contributed by atoms with Gasteiger partial charge in [0.25, 0.3) is 0 Å². The number of piperidine rings is 1. The molecule has 158 valence electrons. The molecule has 0 bridgehead atoms. The third kappa shape index (κ3) is 3.51. The van der Waals surface area contributed by atoms with E-state index in [-0.39, 0.29) is 5.91 Å². The van der Waals surface area contributed by atoms with E-state index in [1.54, 1.807) is 5.56 Å². The van der Waals surface area contributed by atoms with Gasteiger partial charge in [-0.3, -0.25) is 9.69 Å². The number of nitrogens with two attached hydrogens (primary N) is 1. The average Bonchev–Trinajstić information content (AvgIpc) is 3.22. The average molecular weight is 404 g/mol. The zero-order chi connectivity index (χ0) is 20.7. The molecule has 1 amide bonds. The summed E-state index contributed by atoms with van der Waals surface area (Å²) >= 11 is 0. The molecule has 2 heterocycles. The predicted molar refractivity (Wildman–Crippen MR) is 122 cm³/mol. The number of aryl methyl sites for hydroxylation is 1. The number of anilines is 1. The summed E-state index contributed by atoms with van der Waals surface area (Å²) in [6, 6.07) is 18.1. The Kier molecular flexibility index (Phi) is 5.06. The van der Waals surface area contributed by atoms with Crippen molar-refractivity contribution in [2.75, 3.05) is 24.5 Å². The van der Waals surface area contributed by atoms with Crippen LogP contribution >= 0.6 is 0 Å². The number of nitrogens with zero attached hydrogens (tertiary/aromatic N) is 2. The fourth-order valence-corrected chi connectivity index (χ4v) is 6.18. The number of carbonyl (C=O) groups is 1. The van der Waals surface area contributed by atoms with Gasteiger partial charge >= 0.3 is 0 Å². The molecule has 0 aromatic heterocycles. The van der Waals surface area contributed by atoms with E-state index in [1.165, 1.54) is 56.3 Å². The van der Waals surface area contributed by atoms with Crippen molar-refractivity contribution in [2.24, 2.45) is 11.1 Å². The molecular weight excluding hydrogens is 370 g/mol. The van der Waals surface area contributed by atoms with E-state index in [1.807, 2.05) is 24.3 Å². The Labute approximate surface area is 180 Å². The van der Waals surface area contributed by atoms with Crippen LogP contribution < -0.4 is 10.6 Å². The fourth-order valence-electron chi connectivity index (χ4n) is 6.18. The Morgan fingerprint density at radius 3 is 2.37 bits per heavy atom. The summed E-state index contributed by atoms with van der Waals surface area (Å²) in [6.07, 6.45) is 7.93. The van der Waals surface area contributed by atoms with Crippen molar-refractivity contribution in [2.45, 2.75) is 57.5 Å². The molecule has 1 atom stereocenters. The molecule has 5 rings (SSSR count). The molecule has 2 aromatic carbocycles. The molecule has 1 saturated carbocycles. The zero-order valence-corrected chi connectivity index (χ0v) is 18.0. The maximum absolute atomic E-state index is 11.3. The van der Waals surface area contributed by atoms with E-state index in [0.29, 0.717) is 17.0 Å². The van der Waals surface area contributed by atoms with Gasteiger partial charge in [0, 0.05) is 36.4 Å². The van der Waals surface area contributed by atoms with Crippen molar-refractivity contribution >= 4 is 11.6 Å². The lowest BCUT2D eigenvalue weighted by molar-refractivity contribution is -0.0227. The minimum absolute atomic E-state index is 0.356. The van der Waals surface area contributed by atoms with Crippen molar-refractivity contribution < 1.29 is 4.79 Å². The van der Waals surface area contributed by atoms with Gasteiger partial charge in [0.05, 0.1) is 0 Å². The Hall–Kier alpha value is -2.33. The van der Waals surface area contributed by atoms with Crippen LogP contribution in [0.15, 0.2) is 48.5 Å². The molecule has 1 aliphatic carbocycles. The summed E-state index contributed by atoms with van der Waals surface area (Å²) in [7, 11) is 0. The van der Waals surface area contributed by atoms with Crippen molar-refractivity contribution in [1.29, 1.82) is 0 Å². The fraction of sp³-hybridized carbons (Fsp3) is 0.500. The Morgan fingerprint density at radius 2 is 1.70 bits per heavy atom. The standard InChI is InChI=1S/C26H33N3O/c1-19-5-2-3-6-23(19)24-7-4-14-29(24)22-17-26(18-22)12-15-28(16-13-26)21-10-8-20(9-11-21)25(27)30/h2-3,5-6,8-11,22,24H,4,7,12-18H2,1H3,(H2,27,30)/t24-/m0/s1. The minimum atomic E-state index is -0.356. The molecule has 0 radical (unpaired) electrons. The van der Waals surface area contributed by atoms with Gasteiger partial charge in [0.2, 0.25) is 5.91 Å². The SMILES string of the molecule is Cc1ccccc1[C@@H]1CCCN1C1CC2(CCN(c3ccc(C(N)=O)cc3)CC2)C1. The van der Waals surface area contributed by atoms with Crippen LogP contribution in [-0.2, 0) is 0 Å². The highest BCUT2D eigenvalue weighted by atomic mass is 16.1. The Bertz CT molecular complexity index is 906. The maximum atomic E-state index is 11.3. The lowest BCUT2D eigenvalue weighted by Crippen LogP contribution is -2.54. The molecule has 4 nitrogen and oxygen atoms in total.